The number of halogens is 5. The highest BCUT2D eigenvalue weighted by Gasteiger charge is 2.38. The molecule has 2 N–H and O–H groups in total. The number of piperidine rings is 1. The van der Waals surface area contributed by atoms with Gasteiger partial charge in [-0.3, -0.25) is 4.79 Å². The van der Waals surface area contributed by atoms with E-state index in [1.54, 1.807) is 4.90 Å². The fourth-order valence-corrected chi connectivity index (χ4v) is 4.28. The summed E-state index contributed by atoms with van der Waals surface area (Å²) in [6.07, 6.45) is -3.29. The predicted octanol–water partition coefficient (Wildman–Crippen LogP) is 3.79. The molecule has 2 aliphatic rings. The lowest BCUT2D eigenvalue weighted by molar-refractivity contribution is -0.192. The van der Waals surface area contributed by atoms with Gasteiger partial charge in [-0.1, -0.05) is 0 Å². The molecule has 0 spiro atoms. The monoisotopic (exact) mass is 589 g/mol. The van der Waals surface area contributed by atoms with E-state index >= 15 is 0 Å². The van der Waals surface area contributed by atoms with Gasteiger partial charge in [0.1, 0.15) is 18.5 Å². The van der Waals surface area contributed by atoms with Gasteiger partial charge in [0.2, 0.25) is 5.91 Å². The van der Waals surface area contributed by atoms with Gasteiger partial charge in [-0.2, -0.15) is 13.2 Å². The fraction of sp³-hybridized carbons (Fsp3) is 0.538. The van der Waals surface area contributed by atoms with E-state index in [4.69, 9.17) is 29.3 Å². The molecule has 15 heteroatoms. The standard InChI is InChI=1S/C24H31F2N5O3.C2HF3O2/c1-15(2)27-23-24(29-20-13-31(22(32)14-33-3)11-8-19(20)28-23)30-9-6-17(7-10-30)34-21-5-4-16(25)12-18(21)26;3-2(4,5)1(6)7/h4-5,12,15,17H,6-11,13-14H2,1-3H3,(H,27,28);(H,6,7). The smallest absolute Gasteiger partial charge is 0.487 e. The van der Waals surface area contributed by atoms with Crippen molar-refractivity contribution in [3.8, 4) is 5.75 Å². The Morgan fingerprint density at radius 1 is 1.12 bits per heavy atom. The number of carbonyl (C=O) groups is 2. The number of aromatic nitrogens is 2. The molecule has 4 rings (SSSR count). The Bertz CT molecular complexity index is 1220. The third-order valence-electron chi connectivity index (χ3n) is 6.21. The molecule has 226 valence electrons. The van der Waals surface area contributed by atoms with Crippen molar-refractivity contribution in [3.63, 3.8) is 0 Å². The van der Waals surface area contributed by atoms with Gasteiger partial charge in [0.05, 0.1) is 17.9 Å². The van der Waals surface area contributed by atoms with Crippen molar-refractivity contribution in [2.75, 3.05) is 43.6 Å². The molecule has 0 radical (unpaired) electrons. The van der Waals surface area contributed by atoms with Gasteiger partial charge in [-0.25, -0.2) is 23.5 Å². The van der Waals surface area contributed by atoms with E-state index in [-0.39, 0.29) is 30.4 Å². The Balaban J connectivity index is 0.000000587. The zero-order chi connectivity index (χ0) is 30.3. The number of carboxylic acids is 1. The van der Waals surface area contributed by atoms with Gasteiger partial charge in [0.15, 0.2) is 23.2 Å². The second-order valence-corrected chi connectivity index (χ2v) is 9.77. The van der Waals surface area contributed by atoms with E-state index in [1.807, 2.05) is 13.8 Å². The summed E-state index contributed by atoms with van der Waals surface area (Å²) in [4.78, 5) is 34.9. The van der Waals surface area contributed by atoms with Gasteiger partial charge in [-0.05, 0) is 26.0 Å². The van der Waals surface area contributed by atoms with Crippen molar-refractivity contribution in [2.24, 2.45) is 0 Å². The SMILES string of the molecule is COCC(=O)N1CCc2nc(NC(C)C)c(N3CCC(Oc4ccc(F)cc4F)CC3)nc2C1.O=C(O)C(F)(F)F. The number of carbonyl (C=O) groups excluding carboxylic acids is 1. The van der Waals surface area contributed by atoms with Crippen LogP contribution in [0.15, 0.2) is 18.2 Å². The van der Waals surface area contributed by atoms with E-state index < -0.39 is 23.8 Å². The number of rotatable bonds is 7. The zero-order valence-electron chi connectivity index (χ0n) is 22.8. The first kappa shape index (κ1) is 31.8. The van der Waals surface area contributed by atoms with Crippen molar-refractivity contribution in [1.29, 1.82) is 0 Å². The molecule has 1 aromatic heterocycles. The van der Waals surface area contributed by atoms with Crippen LogP contribution in [0.2, 0.25) is 0 Å². The first-order valence-electron chi connectivity index (χ1n) is 12.9. The Kier molecular flexibility index (Phi) is 10.7. The van der Waals surface area contributed by atoms with Gasteiger partial charge < -0.3 is 29.7 Å². The summed E-state index contributed by atoms with van der Waals surface area (Å²) in [5, 5.41) is 10.5. The Morgan fingerprint density at radius 2 is 1.78 bits per heavy atom. The minimum Gasteiger partial charge on any atom is -0.487 e. The third-order valence-corrected chi connectivity index (χ3v) is 6.21. The van der Waals surface area contributed by atoms with Crippen molar-refractivity contribution < 1.29 is 46.1 Å². The minimum absolute atomic E-state index is 0.0464. The van der Waals surface area contributed by atoms with Crippen LogP contribution in [0.1, 0.15) is 38.1 Å². The van der Waals surface area contributed by atoms with Crippen LogP contribution in [0.5, 0.6) is 5.75 Å². The van der Waals surface area contributed by atoms with Crippen LogP contribution < -0.4 is 15.0 Å². The molecule has 0 unspecified atom stereocenters. The summed E-state index contributed by atoms with van der Waals surface area (Å²) in [5.41, 5.74) is 1.70. The highest BCUT2D eigenvalue weighted by Crippen LogP contribution is 2.30. The summed E-state index contributed by atoms with van der Waals surface area (Å²) in [5.74, 6) is -2.60. The summed E-state index contributed by atoms with van der Waals surface area (Å²) < 4.78 is 69.7. The highest BCUT2D eigenvalue weighted by atomic mass is 19.4. The largest absolute Gasteiger partial charge is 0.490 e. The van der Waals surface area contributed by atoms with Crippen molar-refractivity contribution >= 4 is 23.5 Å². The topological polar surface area (TPSA) is 117 Å². The van der Waals surface area contributed by atoms with E-state index in [2.05, 4.69) is 10.2 Å². The predicted molar refractivity (Wildman–Crippen MR) is 138 cm³/mol. The Morgan fingerprint density at radius 3 is 2.34 bits per heavy atom. The number of amides is 1. The molecule has 2 aromatic rings. The maximum atomic E-state index is 14.0. The number of benzene rings is 1. The maximum Gasteiger partial charge on any atom is 0.490 e. The molecule has 10 nitrogen and oxygen atoms in total. The minimum atomic E-state index is -5.08. The third kappa shape index (κ3) is 8.87. The summed E-state index contributed by atoms with van der Waals surface area (Å²) in [6.45, 7) is 6.45. The van der Waals surface area contributed by atoms with Gasteiger partial charge in [0.25, 0.3) is 0 Å². The molecule has 2 aliphatic heterocycles. The van der Waals surface area contributed by atoms with Crippen LogP contribution in [0.25, 0.3) is 0 Å². The van der Waals surface area contributed by atoms with Gasteiger partial charge in [0, 0.05) is 58.1 Å². The second-order valence-electron chi connectivity index (χ2n) is 9.77. The molecule has 1 aromatic carbocycles. The quantitative estimate of drug-likeness (QED) is 0.466. The summed E-state index contributed by atoms with van der Waals surface area (Å²) in [6, 6.07) is 3.53. The van der Waals surface area contributed by atoms with Crippen LogP contribution >= 0.6 is 0 Å². The van der Waals surface area contributed by atoms with Gasteiger partial charge >= 0.3 is 12.1 Å². The number of anilines is 2. The van der Waals surface area contributed by atoms with Crippen LogP contribution in [0, 0.1) is 11.6 Å². The molecule has 0 bridgehead atoms. The molecule has 3 heterocycles. The molecular weight excluding hydrogens is 557 g/mol. The second kappa shape index (κ2) is 13.7. The molecule has 1 saturated heterocycles. The molecule has 1 amide bonds. The van der Waals surface area contributed by atoms with Crippen LogP contribution in [-0.4, -0.2) is 83.5 Å². The fourth-order valence-electron chi connectivity index (χ4n) is 4.28. The zero-order valence-corrected chi connectivity index (χ0v) is 22.8. The number of alkyl halides is 3. The summed E-state index contributed by atoms with van der Waals surface area (Å²) in [7, 11) is 1.51. The first-order valence-corrected chi connectivity index (χ1v) is 12.9. The number of aliphatic carboxylic acids is 1. The normalized spacial score (nSPS) is 15.6. The van der Waals surface area contributed by atoms with E-state index in [0.717, 1.165) is 29.1 Å². The van der Waals surface area contributed by atoms with Crippen molar-refractivity contribution in [2.45, 2.75) is 58.0 Å². The lowest BCUT2D eigenvalue weighted by Gasteiger charge is -2.35. The lowest BCUT2D eigenvalue weighted by atomic mass is 10.1. The first-order chi connectivity index (χ1) is 19.3. The number of hydrogen-bond acceptors (Lipinski definition) is 8. The average molecular weight is 590 g/mol. The molecule has 41 heavy (non-hydrogen) atoms. The van der Waals surface area contributed by atoms with Crippen LogP contribution in [-0.2, 0) is 27.3 Å². The summed E-state index contributed by atoms with van der Waals surface area (Å²) >= 11 is 0. The number of nitrogens with zero attached hydrogens (tertiary/aromatic N) is 4. The molecule has 0 saturated carbocycles. The maximum absolute atomic E-state index is 14.0. The molecular formula is C26H32F5N5O5. The number of ether oxygens (including phenoxy) is 2. The average Bonchev–Trinajstić information content (AvgIpc) is 2.90. The molecule has 1 fully saturated rings. The van der Waals surface area contributed by atoms with E-state index in [9.17, 15) is 26.7 Å². The Hall–Kier alpha value is -3.75. The molecule has 0 aliphatic carbocycles. The Labute approximate surface area is 233 Å². The van der Waals surface area contributed by atoms with Gasteiger partial charge in [-0.15, -0.1) is 0 Å². The number of hydrogen-bond donors (Lipinski definition) is 2. The van der Waals surface area contributed by atoms with Crippen LogP contribution in [0.4, 0.5) is 33.6 Å². The van der Waals surface area contributed by atoms with Crippen LogP contribution in [0.3, 0.4) is 0 Å². The number of nitrogens with one attached hydrogen (secondary N) is 1. The highest BCUT2D eigenvalue weighted by molar-refractivity contribution is 5.77. The number of methoxy groups -OCH3 is 1. The number of fused-ring (bicyclic) bond motifs is 1. The van der Waals surface area contributed by atoms with Crippen molar-refractivity contribution in [1.82, 2.24) is 14.9 Å². The molecule has 0 atom stereocenters. The van der Waals surface area contributed by atoms with E-state index in [0.29, 0.717) is 45.4 Å². The van der Waals surface area contributed by atoms with Crippen molar-refractivity contribution in [3.05, 3.63) is 41.2 Å². The van der Waals surface area contributed by atoms with E-state index in [1.165, 1.54) is 19.2 Å². The lowest BCUT2D eigenvalue weighted by Crippen LogP contribution is -2.41. The number of carboxylic acid groups (broad SMARTS) is 1.